The minimum Gasteiger partial charge on any atom is -0.492 e. The zero-order valence-electron chi connectivity index (χ0n) is 15.8. The SMILES string of the molecule is CC(C)CCOc1ccc(C(=O)NC(=S)NC(C)c2ccccc2)cc1Br. The van der Waals surface area contributed by atoms with E-state index < -0.39 is 0 Å². The van der Waals surface area contributed by atoms with Gasteiger partial charge in [0.05, 0.1) is 17.1 Å². The van der Waals surface area contributed by atoms with Crippen LogP contribution in [0.4, 0.5) is 0 Å². The number of benzene rings is 2. The molecule has 144 valence electrons. The molecule has 0 spiro atoms. The first-order valence-electron chi connectivity index (χ1n) is 8.96. The third-order valence-electron chi connectivity index (χ3n) is 4.02. The molecule has 0 bridgehead atoms. The quantitative estimate of drug-likeness (QED) is 0.568. The normalized spacial score (nSPS) is 11.7. The van der Waals surface area contributed by atoms with Crippen molar-refractivity contribution in [3.63, 3.8) is 0 Å². The number of halogens is 1. The summed E-state index contributed by atoms with van der Waals surface area (Å²) < 4.78 is 6.49. The minimum atomic E-state index is -0.262. The van der Waals surface area contributed by atoms with Gasteiger partial charge in [0.1, 0.15) is 5.75 Å². The Labute approximate surface area is 174 Å². The lowest BCUT2D eigenvalue weighted by Crippen LogP contribution is -2.40. The van der Waals surface area contributed by atoms with E-state index in [1.165, 1.54) is 0 Å². The summed E-state index contributed by atoms with van der Waals surface area (Å²) in [6.07, 6.45) is 0.980. The summed E-state index contributed by atoms with van der Waals surface area (Å²) in [6.45, 7) is 6.95. The van der Waals surface area contributed by atoms with Gasteiger partial charge in [-0.2, -0.15) is 0 Å². The van der Waals surface area contributed by atoms with Gasteiger partial charge in [0.15, 0.2) is 5.11 Å². The van der Waals surface area contributed by atoms with Crippen LogP contribution < -0.4 is 15.4 Å². The first-order valence-corrected chi connectivity index (χ1v) is 10.2. The Morgan fingerprint density at radius 3 is 2.48 bits per heavy atom. The lowest BCUT2D eigenvalue weighted by atomic mass is 10.1. The molecular weight excluding hydrogens is 424 g/mol. The highest BCUT2D eigenvalue weighted by atomic mass is 79.9. The Balaban J connectivity index is 1.91. The summed E-state index contributed by atoms with van der Waals surface area (Å²) >= 11 is 8.73. The van der Waals surface area contributed by atoms with Crippen LogP contribution in [-0.2, 0) is 0 Å². The van der Waals surface area contributed by atoms with E-state index in [2.05, 4.69) is 40.4 Å². The van der Waals surface area contributed by atoms with Gasteiger partial charge in [-0.25, -0.2) is 0 Å². The maximum absolute atomic E-state index is 12.4. The number of amides is 1. The van der Waals surface area contributed by atoms with Gasteiger partial charge in [0.2, 0.25) is 0 Å². The Hall–Kier alpha value is -1.92. The first kappa shape index (κ1) is 21.4. The molecule has 0 fully saturated rings. The summed E-state index contributed by atoms with van der Waals surface area (Å²) in [5.74, 6) is 1.05. The van der Waals surface area contributed by atoms with Crippen molar-refractivity contribution in [2.45, 2.75) is 33.2 Å². The van der Waals surface area contributed by atoms with Crippen LogP contribution in [0.25, 0.3) is 0 Å². The van der Waals surface area contributed by atoms with E-state index >= 15 is 0 Å². The van der Waals surface area contributed by atoms with Gasteiger partial charge in [-0.3, -0.25) is 10.1 Å². The summed E-state index contributed by atoms with van der Waals surface area (Å²) in [7, 11) is 0. The second-order valence-electron chi connectivity index (χ2n) is 6.74. The molecule has 1 unspecified atom stereocenters. The molecular formula is C21H25BrN2O2S. The number of carbonyl (C=O) groups is 1. The van der Waals surface area contributed by atoms with Crippen molar-refractivity contribution in [3.8, 4) is 5.75 Å². The maximum atomic E-state index is 12.4. The second-order valence-corrected chi connectivity index (χ2v) is 8.00. The average Bonchev–Trinajstić information content (AvgIpc) is 2.63. The van der Waals surface area contributed by atoms with Crippen LogP contribution in [0.1, 0.15) is 49.2 Å². The van der Waals surface area contributed by atoms with Gasteiger partial charge < -0.3 is 10.1 Å². The predicted molar refractivity (Wildman–Crippen MR) is 117 cm³/mol. The van der Waals surface area contributed by atoms with Crippen molar-refractivity contribution < 1.29 is 9.53 Å². The fraction of sp³-hybridized carbons (Fsp3) is 0.333. The molecule has 0 saturated carbocycles. The van der Waals surface area contributed by atoms with E-state index in [4.69, 9.17) is 17.0 Å². The van der Waals surface area contributed by atoms with Crippen molar-refractivity contribution in [1.82, 2.24) is 10.6 Å². The number of thiocarbonyl (C=S) groups is 1. The van der Waals surface area contributed by atoms with Crippen molar-refractivity contribution in [2.24, 2.45) is 5.92 Å². The summed E-state index contributed by atoms with van der Waals surface area (Å²) in [6, 6.07) is 15.2. The zero-order valence-corrected chi connectivity index (χ0v) is 18.2. The largest absolute Gasteiger partial charge is 0.492 e. The van der Waals surface area contributed by atoms with Crippen LogP contribution in [0.15, 0.2) is 53.0 Å². The van der Waals surface area contributed by atoms with E-state index in [0.29, 0.717) is 23.2 Å². The number of hydrogen-bond acceptors (Lipinski definition) is 3. The molecule has 6 heteroatoms. The Kier molecular flexibility index (Phi) is 8.25. The van der Waals surface area contributed by atoms with Gasteiger partial charge >= 0.3 is 0 Å². The molecule has 0 aliphatic carbocycles. The first-order chi connectivity index (χ1) is 12.9. The highest BCUT2D eigenvalue weighted by Gasteiger charge is 2.13. The lowest BCUT2D eigenvalue weighted by Gasteiger charge is -2.17. The number of ether oxygens (including phenoxy) is 1. The Morgan fingerprint density at radius 2 is 1.85 bits per heavy atom. The fourth-order valence-corrected chi connectivity index (χ4v) is 3.16. The third-order valence-corrected chi connectivity index (χ3v) is 4.86. The smallest absolute Gasteiger partial charge is 0.257 e. The fourth-order valence-electron chi connectivity index (χ4n) is 2.40. The molecule has 0 aliphatic heterocycles. The molecule has 1 atom stereocenters. The molecule has 0 aromatic heterocycles. The van der Waals surface area contributed by atoms with E-state index in [1.54, 1.807) is 18.2 Å². The maximum Gasteiger partial charge on any atom is 0.257 e. The van der Waals surface area contributed by atoms with Crippen LogP contribution >= 0.6 is 28.1 Å². The Morgan fingerprint density at radius 1 is 1.15 bits per heavy atom. The minimum absolute atomic E-state index is 0.00229. The molecule has 2 aromatic rings. The van der Waals surface area contributed by atoms with Gasteiger partial charge in [0, 0.05) is 5.56 Å². The second kappa shape index (κ2) is 10.4. The highest BCUT2D eigenvalue weighted by Crippen LogP contribution is 2.26. The van der Waals surface area contributed by atoms with Crippen molar-refractivity contribution in [1.29, 1.82) is 0 Å². The standard InChI is InChI=1S/C21H25BrN2O2S/c1-14(2)11-12-26-19-10-9-17(13-18(19)22)20(25)24-21(27)23-15(3)16-7-5-4-6-8-16/h4-10,13-15H,11-12H2,1-3H3,(H2,23,24,25,27). The van der Waals surface area contributed by atoms with Crippen LogP contribution in [-0.4, -0.2) is 17.6 Å². The number of nitrogens with one attached hydrogen (secondary N) is 2. The van der Waals surface area contributed by atoms with Crippen LogP contribution in [0.3, 0.4) is 0 Å². The van der Waals surface area contributed by atoms with E-state index in [-0.39, 0.29) is 11.9 Å². The number of rotatable bonds is 7. The Bertz CT molecular complexity index is 781. The van der Waals surface area contributed by atoms with Crippen molar-refractivity contribution >= 4 is 39.2 Å². The number of hydrogen-bond donors (Lipinski definition) is 2. The van der Waals surface area contributed by atoms with Crippen LogP contribution in [0.5, 0.6) is 5.75 Å². The third kappa shape index (κ3) is 6.96. The average molecular weight is 449 g/mol. The molecule has 27 heavy (non-hydrogen) atoms. The van der Waals surface area contributed by atoms with Gasteiger partial charge in [-0.15, -0.1) is 0 Å². The topological polar surface area (TPSA) is 50.4 Å². The van der Waals surface area contributed by atoms with Crippen molar-refractivity contribution in [2.75, 3.05) is 6.61 Å². The molecule has 0 heterocycles. The van der Waals surface area contributed by atoms with Crippen molar-refractivity contribution in [3.05, 3.63) is 64.1 Å². The van der Waals surface area contributed by atoms with E-state index in [0.717, 1.165) is 22.2 Å². The summed E-state index contributed by atoms with van der Waals surface area (Å²) in [4.78, 5) is 12.4. The van der Waals surface area contributed by atoms with Gasteiger partial charge in [-0.1, -0.05) is 44.2 Å². The molecule has 2 aromatic carbocycles. The monoisotopic (exact) mass is 448 g/mol. The summed E-state index contributed by atoms with van der Waals surface area (Å²) in [5, 5.41) is 6.14. The highest BCUT2D eigenvalue weighted by molar-refractivity contribution is 9.10. The number of carbonyl (C=O) groups excluding carboxylic acids is 1. The molecule has 1 amide bonds. The van der Waals surface area contributed by atoms with Gasteiger partial charge in [-0.05, 0) is 71.2 Å². The van der Waals surface area contributed by atoms with Gasteiger partial charge in [0.25, 0.3) is 5.91 Å². The molecule has 0 saturated heterocycles. The molecule has 0 aliphatic rings. The molecule has 0 radical (unpaired) electrons. The van der Waals surface area contributed by atoms with Crippen LogP contribution in [0.2, 0.25) is 0 Å². The predicted octanol–water partition coefficient (Wildman–Crippen LogP) is 5.24. The molecule has 4 nitrogen and oxygen atoms in total. The van der Waals surface area contributed by atoms with Crippen LogP contribution in [0, 0.1) is 5.92 Å². The zero-order chi connectivity index (χ0) is 19.8. The van der Waals surface area contributed by atoms with E-state index in [9.17, 15) is 4.79 Å². The molecule has 2 rings (SSSR count). The van der Waals surface area contributed by atoms with E-state index in [1.807, 2.05) is 37.3 Å². The summed E-state index contributed by atoms with van der Waals surface area (Å²) in [5.41, 5.74) is 1.61. The lowest BCUT2D eigenvalue weighted by molar-refractivity contribution is 0.0976. The molecule has 2 N–H and O–H groups in total.